The topological polar surface area (TPSA) is 20.1 Å². The number of hydrogen-bond acceptors (Lipinski definition) is 2. The highest BCUT2D eigenvalue weighted by molar-refractivity contribution is 5.97. The summed E-state index contributed by atoms with van der Waals surface area (Å²) < 4.78 is 12.9. The summed E-state index contributed by atoms with van der Waals surface area (Å²) in [6.07, 6.45) is 0. The van der Waals surface area contributed by atoms with Gasteiger partial charge in [0, 0.05) is 18.7 Å². The highest BCUT2D eigenvalue weighted by Gasteiger charge is 2.21. The van der Waals surface area contributed by atoms with E-state index in [-0.39, 0.29) is 11.6 Å². The number of rotatable bonds is 3. The Morgan fingerprint density at radius 3 is 2.79 bits per heavy atom. The lowest BCUT2D eigenvalue weighted by Gasteiger charge is -2.02. The molecule has 1 aliphatic heterocycles. The van der Waals surface area contributed by atoms with E-state index in [4.69, 9.17) is 0 Å². The SMILES string of the molecule is Cc1cc(C(=O)CN2CC2)ccc1F. The third kappa shape index (κ3) is 1.99. The number of aryl methyl sites for hydroxylation is 1. The molecule has 1 heterocycles. The minimum absolute atomic E-state index is 0.0746. The van der Waals surface area contributed by atoms with Crippen molar-refractivity contribution in [3.8, 4) is 0 Å². The van der Waals surface area contributed by atoms with Crippen molar-refractivity contribution >= 4 is 5.78 Å². The van der Waals surface area contributed by atoms with Crippen LogP contribution >= 0.6 is 0 Å². The van der Waals surface area contributed by atoms with Crippen LogP contribution in [-0.4, -0.2) is 30.3 Å². The molecule has 0 aromatic heterocycles. The molecule has 1 aromatic rings. The Labute approximate surface area is 82.3 Å². The third-order valence-corrected chi connectivity index (χ3v) is 2.39. The average molecular weight is 193 g/mol. The van der Waals surface area contributed by atoms with Crippen LogP contribution < -0.4 is 0 Å². The normalized spacial score (nSPS) is 15.6. The van der Waals surface area contributed by atoms with Crippen molar-refractivity contribution in [2.45, 2.75) is 6.92 Å². The van der Waals surface area contributed by atoms with Crippen LogP contribution in [0, 0.1) is 12.7 Å². The maximum atomic E-state index is 12.9. The summed E-state index contributed by atoms with van der Waals surface area (Å²) in [6, 6.07) is 4.51. The summed E-state index contributed by atoms with van der Waals surface area (Å²) in [6.45, 7) is 4.15. The average Bonchev–Trinajstić information content (AvgIpc) is 2.93. The Kier molecular flexibility index (Phi) is 2.33. The lowest BCUT2D eigenvalue weighted by atomic mass is 10.1. The molecule has 0 aliphatic carbocycles. The molecule has 0 amide bonds. The van der Waals surface area contributed by atoms with E-state index < -0.39 is 0 Å². The Balaban J connectivity index is 2.14. The van der Waals surface area contributed by atoms with E-state index in [0.717, 1.165) is 13.1 Å². The Bertz CT molecular complexity index is 372. The van der Waals surface area contributed by atoms with Gasteiger partial charge in [0.25, 0.3) is 0 Å². The number of nitrogens with zero attached hydrogens (tertiary/aromatic N) is 1. The summed E-state index contributed by atoms with van der Waals surface area (Å²) in [5, 5.41) is 0. The highest BCUT2D eigenvalue weighted by atomic mass is 19.1. The quantitative estimate of drug-likeness (QED) is 0.537. The molecule has 0 saturated carbocycles. The first-order valence-electron chi connectivity index (χ1n) is 4.68. The zero-order valence-electron chi connectivity index (χ0n) is 8.09. The number of Topliss-reactive ketones (excluding diaryl/α,β-unsaturated/α-hetero) is 1. The molecule has 3 heteroatoms. The Morgan fingerprint density at radius 2 is 2.21 bits per heavy atom. The zero-order valence-corrected chi connectivity index (χ0v) is 8.09. The molecule has 2 nitrogen and oxygen atoms in total. The molecular formula is C11H12FNO. The van der Waals surface area contributed by atoms with Gasteiger partial charge in [-0.25, -0.2) is 4.39 Å². The standard InChI is InChI=1S/C11H12FNO/c1-8-6-9(2-3-10(8)12)11(14)7-13-4-5-13/h2-3,6H,4-5,7H2,1H3. The van der Waals surface area contributed by atoms with Gasteiger partial charge in [-0.05, 0) is 30.7 Å². The van der Waals surface area contributed by atoms with Gasteiger partial charge in [-0.1, -0.05) is 0 Å². The van der Waals surface area contributed by atoms with Gasteiger partial charge in [0.1, 0.15) is 5.82 Å². The van der Waals surface area contributed by atoms with Crippen molar-refractivity contribution in [3.05, 3.63) is 35.1 Å². The molecule has 2 rings (SSSR count). The minimum Gasteiger partial charge on any atom is -0.293 e. The van der Waals surface area contributed by atoms with Crippen LogP contribution in [0.1, 0.15) is 15.9 Å². The van der Waals surface area contributed by atoms with Crippen LogP contribution in [0.2, 0.25) is 0 Å². The lowest BCUT2D eigenvalue weighted by molar-refractivity contribution is 0.0974. The molecule has 1 aliphatic rings. The van der Waals surface area contributed by atoms with Crippen molar-refractivity contribution in [2.24, 2.45) is 0 Å². The van der Waals surface area contributed by atoms with Crippen molar-refractivity contribution in [3.63, 3.8) is 0 Å². The van der Waals surface area contributed by atoms with Gasteiger partial charge in [0.2, 0.25) is 0 Å². The van der Waals surface area contributed by atoms with Crippen LogP contribution in [0.4, 0.5) is 4.39 Å². The fourth-order valence-corrected chi connectivity index (χ4v) is 1.34. The molecule has 74 valence electrons. The second-order valence-electron chi connectivity index (χ2n) is 3.66. The summed E-state index contributed by atoms with van der Waals surface area (Å²) in [7, 11) is 0. The first-order chi connectivity index (χ1) is 6.66. The van der Waals surface area contributed by atoms with Crippen molar-refractivity contribution in [1.82, 2.24) is 4.90 Å². The van der Waals surface area contributed by atoms with E-state index in [9.17, 15) is 9.18 Å². The number of hydrogen-bond donors (Lipinski definition) is 0. The first-order valence-corrected chi connectivity index (χ1v) is 4.68. The van der Waals surface area contributed by atoms with E-state index in [0.29, 0.717) is 17.7 Å². The first kappa shape index (κ1) is 9.34. The zero-order chi connectivity index (χ0) is 10.1. The molecule has 0 atom stereocenters. The second-order valence-corrected chi connectivity index (χ2v) is 3.66. The predicted octanol–water partition coefficient (Wildman–Crippen LogP) is 1.63. The van der Waals surface area contributed by atoms with Crippen LogP contribution in [0.15, 0.2) is 18.2 Å². The number of carbonyl (C=O) groups excluding carboxylic acids is 1. The van der Waals surface area contributed by atoms with Gasteiger partial charge in [-0.15, -0.1) is 0 Å². The summed E-state index contributed by atoms with van der Waals surface area (Å²) >= 11 is 0. The van der Waals surface area contributed by atoms with E-state index in [2.05, 4.69) is 0 Å². The predicted molar refractivity (Wildman–Crippen MR) is 51.9 cm³/mol. The lowest BCUT2D eigenvalue weighted by Crippen LogP contribution is -2.13. The smallest absolute Gasteiger partial charge is 0.176 e. The molecule has 0 radical (unpaired) electrons. The number of carbonyl (C=O) groups is 1. The third-order valence-electron chi connectivity index (χ3n) is 2.39. The van der Waals surface area contributed by atoms with Crippen LogP contribution in [0.25, 0.3) is 0 Å². The molecule has 14 heavy (non-hydrogen) atoms. The monoisotopic (exact) mass is 193 g/mol. The fourth-order valence-electron chi connectivity index (χ4n) is 1.34. The van der Waals surface area contributed by atoms with Gasteiger partial charge < -0.3 is 0 Å². The number of benzene rings is 1. The summed E-state index contributed by atoms with van der Waals surface area (Å²) in [5.74, 6) is -0.182. The van der Waals surface area contributed by atoms with Crippen LogP contribution in [-0.2, 0) is 0 Å². The van der Waals surface area contributed by atoms with Crippen molar-refractivity contribution in [2.75, 3.05) is 19.6 Å². The fraction of sp³-hybridized carbons (Fsp3) is 0.364. The molecular weight excluding hydrogens is 181 g/mol. The van der Waals surface area contributed by atoms with Gasteiger partial charge in [0.05, 0.1) is 6.54 Å². The molecule has 1 fully saturated rings. The molecule has 0 unspecified atom stereocenters. The van der Waals surface area contributed by atoms with E-state index in [1.807, 2.05) is 4.90 Å². The van der Waals surface area contributed by atoms with E-state index >= 15 is 0 Å². The minimum atomic E-state index is -0.256. The second kappa shape index (κ2) is 3.50. The molecule has 1 saturated heterocycles. The van der Waals surface area contributed by atoms with Gasteiger partial charge >= 0.3 is 0 Å². The molecule has 0 N–H and O–H groups in total. The maximum Gasteiger partial charge on any atom is 0.176 e. The number of halogens is 1. The van der Waals surface area contributed by atoms with Crippen LogP contribution in [0.3, 0.4) is 0 Å². The van der Waals surface area contributed by atoms with Gasteiger partial charge in [0.15, 0.2) is 5.78 Å². The summed E-state index contributed by atoms with van der Waals surface area (Å²) in [4.78, 5) is 13.6. The highest BCUT2D eigenvalue weighted by Crippen LogP contribution is 2.12. The van der Waals surface area contributed by atoms with Crippen molar-refractivity contribution < 1.29 is 9.18 Å². The number of ketones is 1. The van der Waals surface area contributed by atoms with Gasteiger partial charge in [-0.3, -0.25) is 9.69 Å². The molecule has 1 aromatic carbocycles. The molecule has 0 bridgehead atoms. The largest absolute Gasteiger partial charge is 0.293 e. The van der Waals surface area contributed by atoms with Gasteiger partial charge in [-0.2, -0.15) is 0 Å². The maximum absolute atomic E-state index is 12.9. The Hall–Kier alpha value is -1.22. The van der Waals surface area contributed by atoms with E-state index in [1.165, 1.54) is 6.07 Å². The Morgan fingerprint density at radius 1 is 1.50 bits per heavy atom. The van der Waals surface area contributed by atoms with Crippen molar-refractivity contribution in [1.29, 1.82) is 0 Å². The van der Waals surface area contributed by atoms with E-state index in [1.54, 1.807) is 19.1 Å². The van der Waals surface area contributed by atoms with Crippen LogP contribution in [0.5, 0.6) is 0 Å². The molecule has 0 spiro atoms. The summed E-state index contributed by atoms with van der Waals surface area (Å²) in [5.41, 5.74) is 1.14.